The van der Waals surface area contributed by atoms with Crippen molar-refractivity contribution >= 4 is 17.6 Å². The molecule has 160 valence electrons. The van der Waals surface area contributed by atoms with Crippen LogP contribution in [0.3, 0.4) is 0 Å². The second kappa shape index (κ2) is 7.75. The quantitative estimate of drug-likeness (QED) is 0.701. The molecular formula is C23H26ClNO5. The van der Waals surface area contributed by atoms with Crippen LogP contribution in [0.1, 0.15) is 48.7 Å². The summed E-state index contributed by atoms with van der Waals surface area (Å²) in [4.78, 5) is 23.9. The molecule has 1 fully saturated rings. The third kappa shape index (κ3) is 3.74. The predicted octanol–water partition coefficient (Wildman–Crippen LogP) is 4.43. The first-order valence-electron chi connectivity index (χ1n) is 10.2. The van der Waals surface area contributed by atoms with Crippen molar-refractivity contribution < 1.29 is 19.4 Å². The number of aromatic carboxylic acids is 1. The summed E-state index contributed by atoms with van der Waals surface area (Å²) >= 11 is 6.54. The van der Waals surface area contributed by atoms with Crippen LogP contribution >= 0.6 is 11.6 Å². The molecule has 0 saturated heterocycles. The molecule has 0 amide bonds. The molecule has 1 aliphatic heterocycles. The Labute approximate surface area is 180 Å². The standard InChI is InChI=1S/C23H26ClNO5/c1-13(2)18-6-14-7-21(30-12-23(4-5-23)11-29-3)17(24)8-15(14)19-9-20(26)16(22(27)28)10-25(18)19/h7-10,13,18H,4-6,11-12H2,1-3H3,(H,27,28)/t18-/m0/s1. The number of carbonyl (C=O) groups is 1. The number of hydrogen-bond donors (Lipinski definition) is 1. The highest BCUT2D eigenvalue weighted by atomic mass is 35.5. The van der Waals surface area contributed by atoms with E-state index in [1.165, 1.54) is 12.3 Å². The summed E-state index contributed by atoms with van der Waals surface area (Å²) in [5, 5.41) is 9.85. The van der Waals surface area contributed by atoms with Crippen molar-refractivity contribution in [3.63, 3.8) is 0 Å². The van der Waals surface area contributed by atoms with E-state index in [4.69, 9.17) is 21.1 Å². The Balaban J connectivity index is 1.74. The number of methoxy groups -OCH3 is 1. The number of rotatable bonds is 7. The zero-order valence-electron chi connectivity index (χ0n) is 17.4. The Kier molecular flexibility index (Phi) is 5.41. The van der Waals surface area contributed by atoms with Gasteiger partial charge in [-0.05, 0) is 42.9 Å². The molecule has 0 bridgehead atoms. The predicted molar refractivity (Wildman–Crippen MR) is 115 cm³/mol. The fourth-order valence-corrected chi connectivity index (χ4v) is 4.46. The lowest BCUT2D eigenvalue weighted by Crippen LogP contribution is -2.28. The normalized spacial score (nSPS) is 18.6. The Bertz CT molecular complexity index is 1050. The van der Waals surface area contributed by atoms with Crippen LogP contribution in [0.25, 0.3) is 11.3 Å². The molecule has 2 aliphatic rings. The van der Waals surface area contributed by atoms with E-state index in [1.54, 1.807) is 7.11 Å². The molecule has 1 aromatic carbocycles. The highest BCUT2D eigenvalue weighted by Crippen LogP contribution is 2.47. The van der Waals surface area contributed by atoms with Crippen LogP contribution in [0, 0.1) is 11.3 Å². The number of halogens is 1. The summed E-state index contributed by atoms with van der Waals surface area (Å²) in [5.41, 5.74) is 1.95. The van der Waals surface area contributed by atoms with Crippen molar-refractivity contribution in [3.8, 4) is 17.0 Å². The maximum Gasteiger partial charge on any atom is 0.341 e. The van der Waals surface area contributed by atoms with E-state index in [1.807, 2.05) is 16.7 Å². The topological polar surface area (TPSA) is 77.8 Å². The summed E-state index contributed by atoms with van der Waals surface area (Å²) in [5.74, 6) is -0.328. The van der Waals surface area contributed by atoms with E-state index in [0.717, 1.165) is 24.0 Å². The van der Waals surface area contributed by atoms with Gasteiger partial charge in [0.1, 0.15) is 11.3 Å². The van der Waals surface area contributed by atoms with Crippen LogP contribution < -0.4 is 10.2 Å². The molecule has 0 radical (unpaired) electrons. The van der Waals surface area contributed by atoms with Gasteiger partial charge in [-0.2, -0.15) is 0 Å². The van der Waals surface area contributed by atoms with E-state index >= 15 is 0 Å². The minimum Gasteiger partial charge on any atom is -0.491 e. The van der Waals surface area contributed by atoms with Gasteiger partial charge in [0.05, 0.1) is 23.9 Å². The minimum atomic E-state index is -1.21. The molecule has 0 unspecified atom stereocenters. The largest absolute Gasteiger partial charge is 0.491 e. The van der Waals surface area contributed by atoms with E-state index in [-0.39, 0.29) is 22.9 Å². The molecule has 30 heavy (non-hydrogen) atoms. The molecule has 6 nitrogen and oxygen atoms in total. The molecule has 1 N–H and O–H groups in total. The van der Waals surface area contributed by atoms with Crippen LogP contribution in [-0.4, -0.2) is 36.0 Å². The van der Waals surface area contributed by atoms with Gasteiger partial charge in [-0.25, -0.2) is 4.79 Å². The maximum atomic E-state index is 12.4. The van der Waals surface area contributed by atoms with Crippen LogP contribution in [0.2, 0.25) is 5.02 Å². The first-order valence-corrected chi connectivity index (χ1v) is 10.6. The lowest BCUT2D eigenvalue weighted by atomic mass is 9.87. The fraction of sp³-hybridized carbons (Fsp3) is 0.478. The maximum absolute atomic E-state index is 12.4. The van der Waals surface area contributed by atoms with Crippen molar-refractivity contribution in [1.29, 1.82) is 0 Å². The van der Waals surface area contributed by atoms with Crippen molar-refractivity contribution in [2.24, 2.45) is 11.3 Å². The number of aromatic nitrogens is 1. The zero-order chi connectivity index (χ0) is 21.6. The Morgan fingerprint density at radius 1 is 1.30 bits per heavy atom. The molecule has 1 saturated carbocycles. The first kappa shape index (κ1) is 20.9. The van der Waals surface area contributed by atoms with Gasteiger partial charge in [0.15, 0.2) is 5.43 Å². The summed E-state index contributed by atoms with van der Waals surface area (Å²) < 4.78 is 13.3. The molecule has 7 heteroatoms. The van der Waals surface area contributed by atoms with Crippen LogP contribution in [0.5, 0.6) is 5.75 Å². The smallest absolute Gasteiger partial charge is 0.341 e. The molecule has 1 aliphatic carbocycles. The number of pyridine rings is 1. The average molecular weight is 432 g/mol. The van der Waals surface area contributed by atoms with Gasteiger partial charge in [-0.15, -0.1) is 0 Å². The number of nitrogens with zero attached hydrogens (tertiary/aromatic N) is 1. The number of fused-ring (bicyclic) bond motifs is 3. The molecule has 1 atom stereocenters. The lowest BCUT2D eigenvalue weighted by molar-refractivity contribution is 0.0694. The molecule has 4 rings (SSSR count). The third-order valence-electron chi connectivity index (χ3n) is 6.24. The Morgan fingerprint density at radius 2 is 2.03 bits per heavy atom. The van der Waals surface area contributed by atoms with Crippen LogP contribution in [-0.2, 0) is 11.2 Å². The van der Waals surface area contributed by atoms with E-state index in [2.05, 4.69) is 13.8 Å². The lowest BCUT2D eigenvalue weighted by Gasteiger charge is -2.33. The third-order valence-corrected chi connectivity index (χ3v) is 6.54. The van der Waals surface area contributed by atoms with Crippen molar-refractivity contribution in [2.75, 3.05) is 20.3 Å². The summed E-state index contributed by atoms with van der Waals surface area (Å²) in [6.45, 7) is 5.41. The zero-order valence-corrected chi connectivity index (χ0v) is 18.2. The highest BCUT2D eigenvalue weighted by Gasteiger charge is 2.43. The SMILES string of the molecule is COCC1(COc2cc3c(cc2Cl)-c2cc(=O)c(C(=O)O)cn2[C@H](C(C)C)C3)CC1. The van der Waals surface area contributed by atoms with Gasteiger partial charge in [-0.1, -0.05) is 25.4 Å². The number of ether oxygens (including phenoxy) is 2. The Morgan fingerprint density at radius 3 is 2.63 bits per heavy atom. The highest BCUT2D eigenvalue weighted by molar-refractivity contribution is 6.32. The number of hydrogen-bond acceptors (Lipinski definition) is 4. The fourth-order valence-electron chi connectivity index (χ4n) is 4.24. The molecule has 1 aromatic heterocycles. The summed E-state index contributed by atoms with van der Waals surface area (Å²) in [6, 6.07) is 5.23. The molecule has 2 heterocycles. The number of benzene rings is 1. The molecular weight excluding hydrogens is 406 g/mol. The number of carboxylic acid groups (broad SMARTS) is 1. The molecule has 2 aromatic rings. The van der Waals surface area contributed by atoms with E-state index in [9.17, 15) is 14.7 Å². The molecule has 0 spiro atoms. The van der Waals surface area contributed by atoms with Gasteiger partial charge in [0, 0.05) is 36.4 Å². The minimum absolute atomic E-state index is 0.0310. The average Bonchev–Trinajstić information content (AvgIpc) is 3.45. The van der Waals surface area contributed by atoms with Gasteiger partial charge in [0.2, 0.25) is 0 Å². The Hall–Kier alpha value is -2.31. The van der Waals surface area contributed by atoms with Gasteiger partial charge >= 0.3 is 5.97 Å². The van der Waals surface area contributed by atoms with Crippen molar-refractivity contribution in [1.82, 2.24) is 4.57 Å². The summed E-state index contributed by atoms with van der Waals surface area (Å²) in [6.07, 6.45) is 4.34. The second-order valence-electron chi connectivity index (χ2n) is 8.83. The van der Waals surface area contributed by atoms with Crippen LogP contribution in [0.4, 0.5) is 0 Å². The summed E-state index contributed by atoms with van der Waals surface area (Å²) in [7, 11) is 1.70. The van der Waals surface area contributed by atoms with Crippen molar-refractivity contribution in [2.45, 2.75) is 39.2 Å². The van der Waals surface area contributed by atoms with Crippen molar-refractivity contribution in [3.05, 3.63) is 50.8 Å². The van der Waals surface area contributed by atoms with Gasteiger partial charge in [-0.3, -0.25) is 4.79 Å². The number of carboxylic acids is 1. The second-order valence-corrected chi connectivity index (χ2v) is 9.23. The van der Waals surface area contributed by atoms with E-state index < -0.39 is 11.4 Å². The van der Waals surface area contributed by atoms with Gasteiger partial charge in [0.25, 0.3) is 0 Å². The van der Waals surface area contributed by atoms with Crippen LogP contribution in [0.15, 0.2) is 29.2 Å². The first-order chi connectivity index (χ1) is 14.2. The monoisotopic (exact) mass is 431 g/mol. The van der Waals surface area contributed by atoms with E-state index in [0.29, 0.717) is 36.1 Å². The van der Waals surface area contributed by atoms with Gasteiger partial charge < -0.3 is 19.1 Å².